The number of carboxylic acid groups (broad SMARTS) is 1. The summed E-state index contributed by atoms with van der Waals surface area (Å²) in [4.78, 5) is 37.6. The third-order valence-electron chi connectivity index (χ3n) is 17.9. The minimum Gasteiger partial charge on any atom is -0.545 e. The van der Waals surface area contributed by atoms with E-state index in [0.717, 1.165) is 109 Å². The molecule has 0 fully saturated rings. The maximum absolute atomic E-state index is 13.0. The second kappa shape index (κ2) is 79.1. The Labute approximate surface area is 611 Å². The quantitative estimate of drug-likeness (QED) is 0.0195. The van der Waals surface area contributed by atoms with Gasteiger partial charge in [0.1, 0.15) is 13.2 Å². The van der Waals surface area contributed by atoms with E-state index in [-0.39, 0.29) is 38.6 Å². The van der Waals surface area contributed by atoms with Crippen molar-refractivity contribution in [2.24, 2.45) is 0 Å². The van der Waals surface area contributed by atoms with E-state index in [9.17, 15) is 19.5 Å². The fraction of sp³-hybridized carbons (Fsp3) is 0.722. The Morgan fingerprint density at radius 1 is 0.313 bits per heavy atom. The van der Waals surface area contributed by atoms with Crippen molar-refractivity contribution >= 4 is 17.9 Å². The molecule has 0 rings (SSSR count). The Bertz CT molecular complexity index is 2100. The number of nitrogens with zero attached hydrogens (tertiary/aromatic N) is 1. The van der Waals surface area contributed by atoms with Crippen LogP contribution >= 0.6 is 0 Å². The number of rotatable bonds is 76. The van der Waals surface area contributed by atoms with Crippen LogP contribution in [0.15, 0.2) is 134 Å². The third kappa shape index (κ3) is 80.6. The van der Waals surface area contributed by atoms with E-state index in [1.54, 1.807) is 0 Å². The molecule has 0 N–H and O–H groups in total. The molecule has 0 aromatic rings. The summed E-state index contributed by atoms with van der Waals surface area (Å²) in [5.41, 5.74) is 0. The predicted octanol–water partition coefficient (Wildman–Crippen LogP) is 25.5. The van der Waals surface area contributed by atoms with Crippen LogP contribution in [0.5, 0.6) is 0 Å². The molecule has 0 saturated carbocycles. The highest BCUT2D eigenvalue weighted by atomic mass is 16.7. The molecule has 0 heterocycles. The van der Waals surface area contributed by atoms with Gasteiger partial charge in [-0.3, -0.25) is 9.59 Å². The molecule has 2 unspecified atom stereocenters. The molecule has 9 heteroatoms. The van der Waals surface area contributed by atoms with Crippen molar-refractivity contribution < 1.29 is 42.9 Å². The first-order valence-electron chi connectivity index (χ1n) is 41.3. The summed E-state index contributed by atoms with van der Waals surface area (Å²) in [6, 6.07) is 0. The zero-order valence-corrected chi connectivity index (χ0v) is 65.1. The van der Waals surface area contributed by atoms with E-state index in [0.29, 0.717) is 17.4 Å². The van der Waals surface area contributed by atoms with Crippen molar-refractivity contribution in [1.82, 2.24) is 0 Å². The molecule has 2 atom stereocenters. The van der Waals surface area contributed by atoms with Crippen LogP contribution in [0.2, 0.25) is 0 Å². The number of carboxylic acids is 1. The maximum atomic E-state index is 13.0. The topological polar surface area (TPSA) is 111 Å². The van der Waals surface area contributed by atoms with Gasteiger partial charge in [-0.25, -0.2) is 0 Å². The van der Waals surface area contributed by atoms with E-state index in [4.69, 9.17) is 18.9 Å². The molecule has 0 aromatic heterocycles. The third-order valence-corrected chi connectivity index (χ3v) is 17.9. The van der Waals surface area contributed by atoms with Gasteiger partial charge in [-0.15, -0.1) is 0 Å². The maximum Gasteiger partial charge on any atom is 0.306 e. The molecular weight excluding hydrogens is 1220 g/mol. The van der Waals surface area contributed by atoms with Gasteiger partial charge in [0, 0.05) is 12.8 Å². The molecule has 0 bridgehead atoms. The zero-order valence-electron chi connectivity index (χ0n) is 65.1. The lowest BCUT2D eigenvalue weighted by atomic mass is 10.0. The lowest BCUT2D eigenvalue weighted by molar-refractivity contribution is -0.870. The standard InChI is InChI=1S/C90H155NO8/c1-6-8-10-12-14-16-18-20-22-24-26-28-30-32-34-36-38-40-41-42-43-44-45-46-47-49-50-52-54-56-58-60-62-64-66-68-70-72-74-76-78-80-87(92)97-84-86(85-98-90(89(94)95)96-83-82-91(3,4)5)99-88(93)81-79-77-75-73-71-69-67-65-63-61-59-57-55-53-51-48-39-37-35-33-31-29-27-25-23-21-19-17-15-13-11-9-7-2/h9,11,15,17-18,20-21,23-24,26-27,29-30,32-33,35,39,48,53,55,59,61,86,90H,6-8,10,12-14,16,19,22,25,28,31,34,36-38,40-47,49-52,54,56-58,60,62-85H2,1-5H3/b11-9-,17-15-,20-18-,23-21-,26-24-,29-27-,32-30-,35-33-,48-39-,55-53-,61-59-. The summed E-state index contributed by atoms with van der Waals surface area (Å²) in [6.45, 7) is 4.64. The molecule has 0 aromatic carbocycles. The number of aliphatic carboxylic acids is 1. The molecule has 9 nitrogen and oxygen atoms in total. The van der Waals surface area contributed by atoms with Crippen molar-refractivity contribution in [3.05, 3.63) is 134 Å². The van der Waals surface area contributed by atoms with Crippen LogP contribution in [-0.2, 0) is 33.3 Å². The van der Waals surface area contributed by atoms with Crippen LogP contribution in [0, 0.1) is 0 Å². The molecular formula is C90H155NO8. The van der Waals surface area contributed by atoms with Crippen LogP contribution in [0.1, 0.15) is 361 Å². The molecule has 99 heavy (non-hydrogen) atoms. The molecule has 0 radical (unpaired) electrons. The Morgan fingerprint density at radius 3 is 0.859 bits per heavy atom. The van der Waals surface area contributed by atoms with E-state index >= 15 is 0 Å². The molecule has 0 amide bonds. The second-order valence-corrected chi connectivity index (χ2v) is 28.7. The fourth-order valence-corrected chi connectivity index (χ4v) is 11.6. The number of carbonyl (C=O) groups is 3. The van der Waals surface area contributed by atoms with Crippen molar-refractivity contribution in [1.29, 1.82) is 0 Å². The number of carbonyl (C=O) groups excluding carboxylic acids is 3. The number of esters is 2. The summed E-state index contributed by atoms with van der Waals surface area (Å²) in [5.74, 6) is -2.29. The smallest absolute Gasteiger partial charge is 0.306 e. The summed E-state index contributed by atoms with van der Waals surface area (Å²) in [7, 11) is 5.93. The highest BCUT2D eigenvalue weighted by molar-refractivity contribution is 5.70. The van der Waals surface area contributed by atoms with Crippen LogP contribution in [0.25, 0.3) is 0 Å². The van der Waals surface area contributed by atoms with Gasteiger partial charge in [-0.05, 0) is 116 Å². The zero-order chi connectivity index (χ0) is 71.8. The molecule has 0 spiro atoms. The first-order valence-corrected chi connectivity index (χ1v) is 41.3. The van der Waals surface area contributed by atoms with Gasteiger partial charge >= 0.3 is 11.9 Å². The average Bonchev–Trinajstić information content (AvgIpc) is 1.57. The Balaban J connectivity index is 4.02. The minimum absolute atomic E-state index is 0.142. The predicted molar refractivity (Wildman–Crippen MR) is 426 cm³/mol. The molecule has 0 saturated heterocycles. The Morgan fingerprint density at radius 2 is 0.576 bits per heavy atom. The Hall–Kier alpha value is -4.57. The largest absolute Gasteiger partial charge is 0.545 e. The van der Waals surface area contributed by atoms with Crippen molar-refractivity contribution in [3.63, 3.8) is 0 Å². The molecule has 0 aliphatic heterocycles. The van der Waals surface area contributed by atoms with Crippen LogP contribution in [0.4, 0.5) is 0 Å². The van der Waals surface area contributed by atoms with Gasteiger partial charge in [0.2, 0.25) is 0 Å². The van der Waals surface area contributed by atoms with E-state index in [1.165, 1.54) is 218 Å². The monoisotopic (exact) mass is 1380 g/mol. The van der Waals surface area contributed by atoms with E-state index < -0.39 is 24.3 Å². The number of hydrogen-bond donors (Lipinski definition) is 0. The number of quaternary nitrogens is 1. The first kappa shape index (κ1) is 94.4. The second-order valence-electron chi connectivity index (χ2n) is 28.7. The molecule has 0 aliphatic rings. The SMILES string of the molecule is CC/C=C\C/C=C\C/C=C\C/C=C\C/C=C\C/C=C\C/C=C\C/C=C\CCCCCCCCCCC(=O)OC(COC(=O)CCCCCCCCCCCCCCCCCCCCCCCCCCCC/C=C\C/C=C\C/C=C\CCCCCCC)COC(OCC[N+](C)(C)C)C(=O)[O-]. The normalized spacial score (nSPS) is 13.3. The van der Waals surface area contributed by atoms with Gasteiger partial charge in [0.25, 0.3) is 0 Å². The number of ether oxygens (including phenoxy) is 4. The number of likely N-dealkylation sites (N-methyl/N-ethyl adjacent to an activating group) is 1. The van der Waals surface area contributed by atoms with Crippen molar-refractivity contribution in [3.8, 4) is 0 Å². The summed E-state index contributed by atoms with van der Waals surface area (Å²) in [5, 5.41) is 11.9. The van der Waals surface area contributed by atoms with Crippen molar-refractivity contribution in [2.45, 2.75) is 373 Å². The van der Waals surface area contributed by atoms with E-state index in [1.807, 2.05) is 21.1 Å². The Kier molecular flexibility index (Phi) is 75.5. The van der Waals surface area contributed by atoms with Crippen molar-refractivity contribution in [2.75, 3.05) is 47.5 Å². The van der Waals surface area contributed by atoms with Gasteiger partial charge in [0.05, 0.1) is 40.3 Å². The van der Waals surface area contributed by atoms with E-state index in [2.05, 4.69) is 148 Å². The van der Waals surface area contributed by atoms with Crippen LogP contribution in [0.3, 0.4) is 0 Å². The number of unbranched alkanes of at least 4 members (excludes halogenated alkanes) is 39. The summed E-state index contributed by atoms with van der Waals surface area (Å²) < 4.78 is 22.9. The fourth-order valence-electron chi connectivity index (χ4n) is 11.6. The van der Waals surface area contributed by atoms with Gasteiger partial charge in [-0.2, -0.15) is 0 Å². The van der Waals surface area contributed by atoms with Crippen LogP contribution < -0.4 is 5.11 Å². The van der Waals surface area contributed by atoms with Gasteiger partial charge in [0.15, 0.2) is 12.4 Å². The summed E-state index contributed by atoms with van der Waals surface area (Å²) in [6.07, 6.45) is 112. The highest BCUT2D eigenvalue weighted by Gasteiger charge is 2.22. The lowest BCUT2D eigenvalue weighted by Gasteiger charge is -2.26. The van der Waals surface area contributed by atoms with Gasteiger partial charge < -0.3 is 33.3 Å². The lowest BCUT2D eigenvalue weighted by Crippen LogP contribution is -2.44. The first-order chi connectivity index (χ1) is 48.6. The molecule has 568 valence electrons. The average molecular weight is 1380 g/mol. The molecule has 0 aliphatic carbocycles. The minimum atomic E-state index is -1.63. The number of allylic oxidation sites excluding steroid dienone is 22. The highest BCUT2D eigenvalue weighted by Crippen LogP contribution is 2.19. The van der Waals surface area contributed by atoms with Gasteiger partial charge in [-0.1, -0.05) is 366 Å². The summed E-state index contributed by atoms with van der Waals surface area (Å²) >= 11 is 0. The van der Waals surface area contributed by atoms with Crippen LogP contribution in [-0.4, -0.2) is 82.3 Å². The number of hydrogen-bond acceptors (Lipinski definition) is 8.